The van der Waals surface area contributed by atoms with Crippen molar-refractivity contribution >= 4 is 5.91 Å². The number of nitrogens with one attached hydrogen (secondary N) is 1. The summed E-state index contributed by atoms with van der Waals surface area (Å²) in [5.74, 6) is -0.0744. The number of hydrogen-bond acceptors (Lipinski definition) is 3. The molecule has 0 spiro atoms. The molecule has 5 nitrogen and oxygen atoms in total. The highest BCUT2D eigenvalue weighted by atomic mass is 16.1. The van der Waals surface area contributed by atoms with Gasteiger partial charge in [-0.3, -0.25) is 9.78 Å². The molecule has 0 fully saturated rings. The number of amides is 1. The van der Waals surface area contributed by atoms with Crippen molar-refractivity contribution in [2.75, 3.05) is 6.54 Å². The van der Waals surface area contributed by atoms with Crippen LogP contribution in [-0.2, 0) is 6.42 Å². The number of hydrogen-bond donors (Lipinski definition) is 1. The van der Waals surface area contributed by atoms with Crippen LogP contribution in [0.25, 0.3) is 11.3 Å². The van der Waals surface area contributed by atoms with E-state index in [1.165, 1.54) is 5.56 Å². The van der Waals surface area contributed by atoms with Crippen molar-refractivity contribution in [2.24, 2.45) is 0 Å². The van der Waals surface area contributed by atoms with Crippen LogP contribution in [0.1, 0.15) is 41.5 Å². The molecule has 3 aromatic rings. The second-order valence-electron chi connectivity index (χ2n) is 6.46. The topological polar surface area (TPSA) is 59.8 Å². The highest BCUT2D eigenvalue weighted by Gasteiger charge is 2.10. The molecule has 5 heteroatoms. The number of benzene rings is 1. The third-order valence-corrected chi connectivity index (χ3v) is 4.57. The van der Waals surface area contributed by atoms with E-state index in [0.717, 1.165) is 23.4 Å². The fourth-order valence-electron chi connectivity index (χ4n) is 2.86. The van der Waals surface area contributed by atoms with E-state index in [9.17, 15) is 4.79 Å². The Morgan fingerprint density at radius 2 is 1.96 bits per heavy atom. The van der Waals surface area contributed by atoms with Gasteiger partial charge >= 0.3 is 0 Å². The number of aryl methyl sites for hydroxylation is 2. The van der Waals surface area contributed by atoms with Gasteiger partial charge in [-0.2, -0.15) is 0 Å². The van der Waals surface area contributed by atoms with Crippen molar-refractivity contribution in [2.45, 2.75) is 33.2 Å². The molecule has 0 saturated carbocycles. The zero-order chi connectivity index (χ0) is 18.5. The molecule has 26 heavy (non-hydrogen) atoms. The van der Waals surface area contributed by atoms with Gasteiger partial charge < -0.3 is 9.88 Å². The Morgan fingerprint density at radius 1 is 1.19 bits per heavy atom. The molecule has 0 bridgehead atoms. The van der Waals surface area contributed by atoms with E-state index in [1.807, 2.05) is 48.0 Å². The summed E-state index contributed by atoms with van der Waals surface area (Å²) in [7, 11) is 0. The number of carbonyl (C=O) groups excluding carboxylic acids is 1. The van der Waals surface area contributed by atoms with E-state index in [2.05, 4.69) is 30.2 Å². The Balaban J connectivity index is 1.66. The molecule has 0 aliphatic heterocycles. The summed E-state index contributed by atoms with van der Waals surface area (Å²) in [4.78, 5) is 21.1. The van der Waals surface area contributed by atoms with Gasteiger partial charge in [0, 0.05) is 41.8 Å². The zero-order valence-electron chi connectivity index (χ0n) is 15.4. The minimum atomic E-state index is -0.0744. The quantitative estimate of drug-likeness (QED) is 0.737. The molecule has 2 heterocycles. The molecule has 0 unspecified atom stereocenters. The van der Waals surface area contributed by atoms with E-state index < -0.39 is 0 Å². The molecular weight excluding hydrogens is 324 g/mol. The molecule has 134 valence electrons. The largest absolute Gasteiger partial charge is 0.350 e. The van der Waals surface area contributed by atoms with E-state index >= 15 is 0 Å². The lowest BCUT2D eigenvalue weighted by atomic mass is 10.1. The maximum Gasteiger partial charge on any atom is 0.251 e. The molecule has 1 N–H and O–H groups in total. The first kappa shape index (κ1) is 17.9. The van der Waals surface area contributed by atoms with Crippen molar-refractivity contribution in [3.8, 4) is 11.3 Å². The van der Waals surface area contributed by atoms with Crippen LogP contribution < -0.4 is 5.32 Å². The van der Waals surface area contributed by atoms with Crippen LogP contribution in [0, 0.1) is 6.92 Å². The Labute approximate surface area is 154 Å². The maximum atomic E-state index is 12.4. The average molecular weight is 348 g/mol. The average Bonchev–Trinajstić information content (AvgIpc) is 3.21. The number of imidazole rings is 1. The molecule has 2 aromatic heterocycles. The third kappa shape index (κ3) is 3.99. The van der Waals surface area contributed by atoms with Crippen LogP contribution >= 0.6 is 0 Å². The molecule has 1 atom stereocenters. The highest BCUT2D eigenvalue weighted by molar-refractivity contribution is 5.94. The molecule has 1 amide bonds. The van der Waals surface area contributed by atoms with E-state index in [-0.39, 0.29) is 11.9 Å². The maximum absolute atomic E-state index is 12.4. The molecular formula is C21H24N4O. The highest BCUT2D eigenvalue weighted by Crippen LogP contribution is 2.20. The number of aromatic nitrogens is 3. The molecule has 3 rings (SSSR count). The molecule has 0 aliphatic carbocycles. The molecule has 1 aromatic carbocycles. The lowest BCUT2D eigenvalue weighted by molar-refractivity contribution is 0.0948. The Bertz CT molecular complexity index is 870. The minimum absolute atomic E-state index is 0.0744. The van der Waals surface area contributed by atoms with Gasteiger partial charge in [-0.1, -0.05) is 25.1 Å². The van der Waals surface area contributed by atoms with Gasteiger partial charge in [0.15, 0.2) is 0 Å². The van der Waals surface area contributed by atoms with Crippen LogP contribution in [0.4, 0.5) is 0 Å². The van der Waals surface area contributed by atoms with Crippen LogP contribution in [0.3, 0.4) is 0 Å². The minimum Gasteiger partial charge on any atom is -0.350 e. The lowest BCUT2D eigenvalue weighted by Crippen LogP contribution is -2.29. The summed E-state index contributed by atoms with van der Waals surface area (Å²) < 4.78 is 1.97. The predicted molar refractivity (Wildman–Crippen MR) is 103 cm³/mol. The lowest BCUT2D eigenvalue weighted by Gasteiger charge is -2.14. The first-order chi connectivity index (χ1) is 12.6. The van der Waals surface area contributed by atoms with Gasteiger partial charge in [0.2, 0.25) is 0 Å². The molecule has 0 aliphatic rings. The van der Waals surface area contributed by atoms with Crippen LogP contribution in [-0.4, -0.2) is 27.0 Å². The summed E-state index contributed by atoms with van der Waals surface area (Å²) in [6.45, 7) is 6.78. The van der Waals surface area contributed by atoms with E-state index in [1.54, 1.807) is 12.5 Å². The zero-order valence-corrected chi connectivity index (χ0v) is 15.4. The number of nitrogens with zero attached hydrogens (tertiary/aromatic N) is 3. The van der Waals surface area contributed by atoms with Crippen molar-refractivity contribution in [3.63, 3.8) is 0 Å². The second-order valence-corrected chi connectivity index (χ2v) is 6.46. The monoisotopic (exact) mass is 348 g/mol. The Kier molecular flexibility index (Phi) is 5.46. The SMILES string of the molecule is CCc1nc(-c2ccc(C(=O)NC[C@@H](C)n3ccnc3)cc2)ccc1C. The normalized spacial score (nSPS) is 12.0. The van der Waals surface area contributed by atoms with Gasteiger partial charge in [0.1, 0.15) is 0 Å². The van der Waals surface area contributed by atoms with E-state index in [4.69, 9.17) is 4.98 Å². The van der Waals surface area contributed by atoms with Crippen LogP contribution in [0.5, 0.6) is 0 Å². The standard InChI is InChI=1S/C21H24N4O/c1-4-19-15(2)5-10-20(24-19)17-6-8-18(9-7-17)21(26)23-13-16(3)25-12-11-22-14-25/h5-12,14,16H,4,13H2,1-3H3,(H,23,26)/t16-/m1/s1. The first-order valence-electron chi connectivity index (χ1n) is 8.91. The Hall–Kier alpha value is -2.95. The van der Waals surface area contributed by atoms with E-state index in [0.29, 0.717) is 12.1 Å². The van der Waals surface area contributed by atoms with Crippen LogP contribution in [0.15, 0.2) is 55.1 Å². The first-order valence-corrected chi connectivity index (χ1v) is 8.91. The van der Waals surface area contributed by atoms with Gasteiger partial charge in [-0.05, 0) is 44.0 Å². The van der Waals surface area contributed by atoms with Gasteiger partial charge in [0.05, 0.1) is 12.0 Å². The predicted octanol–water partition coefficient (Wildman–Crippen LogP) is 3.81. The van der Waals surface area contributed by atoms with Crippen LogP contribution in [0.2, 0.25) is 0 Å². The van der Waals surface area contributed by atoms with Gasteiger partial charge in [-0.25, -0.2) is 4.98 Å². The van der Waals surface area contributed by atoms with Gasteiger partial charge in [-0.15, -0.1) is 0 Å². The third-order valence-electron chi connectivity index (χ3n) is 4.57. The summed E-state index contributed by atoms with van der Waals surface area (Å²) >= 11 is 0. The number of carbonyl (C=O) groups is 1. The number of pyridine rings is 1. The number of rotatable bonds is 6. The summed E-state index contributed by atoms with van der Waals surface area (Å²) in [5, 5.41) is 2.97. The van der Waals surface area contributed by atoms with Gasteiger partial charge in [0.25, 0.3) is 5.91 Å². The van der Waals surface area contributed by atoms with Crippen molar-refractivity contribution in [1.82, 2.24) is 19.9 Å². The molecule has 0 saturated heterocycles. The summed E-state index contributed by atoms with van der Waals surface area (Å²) in [6.07, 6.45) is 6.30. The van der Waals surface area contributed by atoms with Crippen molar-refractivity contribution in [1.29, 1.82) is 0 Å². The fourth-order valence-corrected chi connectivity index (χ4v) is 2.86. The van der Waals surface area contributed by atoms with Crippen molar-refractivity contribution < 1.29 is 4.79 Å². The van der Waals surface area contributed by atoms with Crippen molar-refractivity contribution in [3.05, 3.63) is 71.9 Å². The smallest absolute Gasteiger partial charge is 0.251 e. The second kappa shape index (κ2) is 7.95. The Morgan fingerprint density at radius 3 is 2.62 bits per heavy atom. The summed E-state index contributed by atoms with van der Waals surface area (Å²) in [6, 6.07) is 11.9. The molecule has 0 radical (unpaired) electrons. The summed E-state index contributed by atoms with van der Waals surface area (Å²) in [5.41, 5.74) is 4.92. The fraction of sp³-hybridized carbons (Fsp3) is 0.286.